The quantitative estimate of drug-likeness (QED) is 0.742. The summed E-state index contributed by atoms with van der Waals surface area (Å²) in [5.74, 6) is 0.425. The molecule has 2 aromatic rings. The van der Waals surface area contributed by atoms with Gasteiger partial charge in [-0.15, -0.1) is 0 Å². The lowest BCUT2D eigenvalue weighted by Gasteiger charge is -2.16. The Morgan fingerprint density at radius 1 is 1.11 bits per heavy atom. The molecule has 0 radical (unpaired) electrons. The van der Waals surface area contributed by atoms with Crippen LogP contribution in [0, 0.1) is 6.92 Å². The Labute approximate surface area is 165 Å². The van der Waals surface area contributed by atoms with E-state index < -0.39 is 10.0 Å². The van der Waals surface area contributed by atoms with Gasteiger partial charge in [-0.3, -0.25) is 4.79 Å². The van der Waals surface area contributed by atoms with Crippen molar-refractivity contribution in [1.82, 2.24) is 4.31 Å². The van der Waals surface area contributed by atoms with Gasteiger partial charge < -0.3 is 15.4 Å². The van der Waals surface area contributed by atoms with Crippen molar-refractivity contribution in [2.24, 2.45) is 0 Å². The zero-order chi connectivity index (χ0) is 20.1. The van der Waals surface area contributed by atoms with Crippen LogP contribution in [0.25, 0.3) is 0 Å². The fraction of sp³-hybridized carbons (Fsp3) is 0.350. The molecule has 2 N–H and O–H groups in total. The summed E-state index contributed by atoms with van der Waals surface area (Å²) in [6, 6.07) is 11.9. The third kappa shape index (κ3) is 4.63. The molecule has 0 unspecified atom stereocenters. The number of carbonyl (C=O) groups excluding carboxylic acids is 1. The van der Waals surface area contributed by atoms with Gasteiger partial charge in [-0.25, -0.2) is 8.42 Å². The molecule has 1 heterocycles. The number of amides is 1. The van der Waals surface area contributed by atoms with E-state index >= 15 is 0 Å². The first-order valence-electron chi connectivity index (χ1n) is 9.19. The predicted molar refractivity (Wildman–Crippen MR) is 109 cm³/mol. The first-order valence-corrected chi connectivity index (χ1v) is 10.6. The predicted octanol–water partition coefficient (Wildman–Crippen LogP) is 2.84. The molecule has 8 heteroatoms. The number of rotatable bonds is 7. The van der Waals surface area contributed by atoms with Crippen LogP contribution in [0.2, 0.25) is 0 Å². The summed E-state index contributed by atoms with van der Waals surface area (Å²) < 4.78 is 31.8. The van der Waals surface area contributed by atoms with E-state index in [0.717, 1.165) is 24.1 Å². The number of hydrogen-bond donors (Lipinski definition) is 2. The van der Waals surface area contributed by atoms with Crippen molar-refractivity contribution >= 4 is 27.3 Å². The van der Waals surface area contributed by atoms with Gasteiger partial charge in [0.25, 0.3) is 0 Å². The molecule has 3 rings (SSSR count). The minimum absolute atomic E-state index is 0.0631. The van der Waals surface area contributed by atoms with Gasteiger partial charge >= 0.3 is 0 Å². The molecular weight excluding hydrogens is 378 g/mol. The van der Waals surface area contributed by atoms with Crippen molar-refractivity contribution in [3.63, 3.8) is 0 Å². The van der Waals surface area contributed by atoms with Crippen LogP contribution in [0.4, 0.5) is 11.4 Å². The first-order chi connectivity index (χ1) is 13.4. The van der Waals surface area contributed by atoms with Gasteiger partial charge in [0, 0.05) is 18.8 Å². The van der Waals surface area contributed by atoms with Gasteiger partial charge in [0.15, 0.2) is 0 Å². The normalized spacial score (nSPS) is 14.6. The summed E-state index contributed by atoms with van der Waals surface area (Å²) in [7, 11) is -1.87. The molecule has 0 bridgehead atoms. The van der Waals surface area contributed by atoms with Crippen molar-refractivity contribution in [2.45, 2.75) is 24.7 Å². The molecular formula is C20H25N3O4S. The summed E-state index contributed by atoms with van der Waals surface area (Å²) in [6.07, 6.45) is 1.79. The van der Waals surface area contributed by atoms with Crippen LogP contribution in [0.15, 0.2) is 47.4 Å². The van der Waals surface area contributed by atoms with Gasteiger partial charge in [0.1, 0.15) is 5.75 Å². The Balaban J connectivity index is 1.60. The van der Waals surface area contributed by atoms with Crippen LogP contribution >= 0.6 is 0 Å². The number of nitrogens with zero attached hydrogens (tertiary/aromatic N) is 1. The lowest BCUT2D eigenvalue weighted by atomic mass is 10.2. The first kappa shape index (κ1) is 20.2. The maximum Gasteiger partial charge on any atom is 0.243 e. The second kappa shape index (κ2) is 8.62. The Kier molecular flexibility index (Phi) is 6.21. The van der Waals surface area contributed by atoms with E-state index in [1.54, 1.807) is 19.2 Å². The van der Waals surface area contributed by atoms with Gasteiger partial charge in [-0.05, 0) is 61.7 Å². The van der Waals surface area contributed by atoms with E-state index in [0.29, 0.717) is 24.5 Å². The molecule has 1 aliphatic heterocycles. The number of carbonyl (C=O) groups is 1. The molecule has 2 aromatic carbocycles. The minimum Gasteiger partial charge on any atom is -0.495 e. The van der Waals surface area contributed by atoms with Gasteiger partial charge in [0.2, 0.25) is 15.9 Å². The van der Waals surface area contributed by atoms with E-state index in [4.69, 9.17) is 4.74 Å². The molecule has 28 heavy (non-hydrogen) atoms. The molecule has 1 saturated heterocycles. The Morgan fingerprint density at radius 2 is 1.79 bits per heavy atom. The van der Waals surface area contributed by atoms with E-state index in [1.807, 2.05) is 25.1 Å². The maximum atomic E-state index is 12.5. The summed E-state index contributed by atoms with van der Waals surface area (Å²) in [5.41, 5.74) is 2.34. The number of ether oxygens (including phenoxy) is 1. The second-order valence-electron chi connectivity index (χ2n) is 6.74. The third-order valence-corrected chi connectivity index (χ3v) is 6.55. The summed E-state index contributed by atoms with van der Waals surface area (Å²) in [4.78, 5) is 12.5. The number of hydrogen-bond acceptors (Lipinski definition) is 5. The average Bonchev–Trinajstić information content (AvgIpc) is 3.23. The second-order valence-corrected chi connectivity index (χ2v) is 8.68. The number of nitrogens with one attached hydrogen (secondary N) is 2. The highest BCUT2D eigenvalue weighted by Crippen LogP contribution is 2.25. The maximum absolute atomic E-state index is 12.5. The van der Waals surface area contributed by atoms with E-state index in [2.05, 4.69) is 10.6 Å². The van der Waals surface area contributed by atoms with Gasteiger partial charge in [-0.2, -0.15) is 4.31 Å². The number of methoxy groups -OCH3 is 1. The molecule has 150 valence electrons. The van der Waals surface area contributed by atoms with Crippen molar-refractivity contribution in [1.29, 1.82) is 0 Å². The van der Waals surface area contributed by atoms with Crippen molar-refractivity contribution in [2.75, 3.05) is 37.4 Å². The zero-order valence-electron chi connectivity index (χ0n) is 16.1. The Bertz CT molecular complexity index is 936. The van der Waals surface area contributed by atoms with Crippen LogP contribution in [0.3, 0.4) is 0 Å². The highest BCUT2D eigenvalue weighted by Gasteiger charge is 2.26. The Hall–Kier alpha value is -2.58. The summed E-state index contributed by atoms with van der Waals surface area (Å²) in [5, 5.41) is 5.82. The number of aryl methyl sites for hydroxylation is 1. The molecule has 0 saturated carbocycles. The van der Waals surface area contributed by atoms with Crippen molar-refractivity contribution < 1.29 is 17.9 Å². The molecule has 0 atom stereocenters. The number of anilines is 2. The van der Waals surface area contributed by atoms with E-state index in [1.165, 1.54) is 16.4 Å². The fourth-order valence-corrected chi connectivity index (χ4v) is 4.65. The standard InChI is InChI=1S/C20H25N3O4S/c1-15-5-10-19(27-2)18(13-15)21-14-20(24)22-16-6-8-17(9-7-16)28(25,26)23-11-3-4-12-23/h5-10,13,21H,3-4,11-12,14H2,1-2H3,(H,22,24). The fourth-order valence-electron chi connectivity index (χ4n) is 3.13. The summed E-state index contributed by atoms with van der Waals surface area (Å²) >= 11 is 0. The van der Waals surface area contributed by atoms with Crippen LogP contribution < -0.4 is 15.4 Å². The smallest absolute Gasteiger partial charge is 0.243 e. The van der Waals surface area contributed by atoms with E-state index in [-0.39, 0.29) is 17.3 Å². The highest BCUT2D eigenvalue weighted by molar-refractivity contribution is 7.89. The number of benzene rings is 2. The third-order valence-electron chi connectivity index (χ3n) is 4.64. The topological polar surface area (TPSA) is 87.7 Å². The monoisotopic (exact) mass is 403 g/mol. The zero-order valence-corrected chi connectivity index (χ0v) is 16.9. The van der Waals surface area contributed by atoms with Crippen LogP contribution in [0.5, 0.6) is 5.75 Å². The number of sulfonamides is 1. The minimum atomic E-state index is -3.45. The summed E-state index contributed by atoms with van der Waals surface area (Å²) in [6.45, 7) is 3.15. The molecule has 1 aliphatic rings. The molecule has 1 amide bonds. The van der Waals surface area contributed by atoms with Crippen LogP contribution in [-0.2, 0) is 14.8 Å². The SMILES string of the molecule is COc1ccc(C)cc1NCC(=O)Nc1ccc(S(=O)(=O)N2CCCC2)cc1. The van der Waals surface area contributed by atoms with Gasteiger partial charge in [0.05, 0.1) is 24.2 Å². The van der Waals surface area contributed by atoms with Crippen molar-refractivity contribution in [3.05, 3.63) is 48.0 Å². The average molecular weight is 404 g/mol. The molecule has 7 nitrogen and oxygen atoms in total. The van der Waals surface area contributed by atoms with E-state index in [9.17, 15) is 13.2 Å². The van der Waals surface area contributed by atoms with Crippen LogP contribution in [0.1, 0.15) is 18.4 Å². The molecule has 0 aromatic heterocycles. The van der Waals surface area contributed by atoms with Crippen LogP contribution in [-0.4, -0.2) is 45.4 Å². The Morgan fingerprint density at radius 3 is 2.43 bits per heavy atom. The highest BCUT2D eigenvalue weighted by atomic mass is 32.2. The largest absolute Gasteiger partial charge is 0.495 e. The molecule has 0 aliphatic carbocycles. The lowest BCUT2D eigenvalue weighted by molar-refractivity contribution is -0.114. The molecule has 1 fully saturated rings. The van der Waals surface area contributed by atoms with Gasteiger partial charge in [-0.1, -0.05) is 6.07 Å². The van der Waals surface area contributed by atoms with Crippen molar-refractivity contribution in [3.8, 4) is 5.75 Å². The molecule has 0 spiro atoms. The lowest BCUT2D eigenvalue weighted by Crippen LogP contribution is -2.27.